The van der Waals surface area contributed by atoms with Gasteiger partial charge in [0.05, 0.1) is 0 Å². The fourth-order valence-corrected chi connectivity index (χ4v) is 32.4. The number of allylic oxidation sites excluding steroid dienone is 4. The van der Waals surface area contributed by atoms with Crippen LogP contribution in [-0.4, -0.2) is 33.6 Å². The fraction of sp³-hybridized carbons (Fsp3) is 0.500. The summed E-state index contributed by atoms with van der Waals surface area (Å²) >= 11 is 0. The third-order valence-corrected chi connectivity index (χ3v) is 26.5. The van der Waals surface area contributed by atoms with Crippen LogP contribution in [0.2, 0.25) is 50.4 Å². The van der Waals surface area contributed by atoms with Gasteiger partial charge < -0.3 is 18.6 Å². The van der Waals surface area contributed by atoms with Crippen molar-refractivity contribution in [2.45, 2.75) is 50.4 Å². The van der Waals surface area contributed by atoms with Gasteiger partial charge in [-0.1, -0.05) is 24.3 Å². The molecule has 1 saturated heterocycles. The van der Waals surface area contributed by atoms with Crippen molar-refractivity contribution >= 4 is 33.6 Å². The molecule has 24 heavy (non-hydrogen) atoms. The summed E-state index contributed by atoms with van der Waals surface area (Å²) in [6, 6.07) is 4.04. The average molecular weight is 397 g/mol. The Balaban J connectivity index is 3.33. The van der Waals surface area contributed by atoms with Gasteiger partial charge in [0, 0.05) is 0 Å². The van der Waals surface area contributed by atoms with Gasteiger partial charge in [-0.05, 0) is 50.4 Å². The molecule has 1 aliphatic heterocycles. The predicted octanol–water partition coefficient (Wildman–Crippen LogP) is 3.39. The van der Waals surface area contributed by atoms with Gasteiger partial charge in [0.25, 0.3) is 0 Å². The molecule has 0 aliphatic carbocycles. The first-order valence-corrected chi connectivity index (χ1v) is 19.5. The molecule has 4 nitrogen and oxygen atoms in total. The zero-order chi connectivity index (χ0) is 18.5. The van der Waals surface area contributed by atoms with Crippen molar-refractivity contribution in [2.24, 2.45) is 0 Å². The lowest BCUT2D eigenvalue weighted by atomic mass is 10.8. The molecule has 0 spiro atoms. The molecule has 0 aromatic rings. The van der Waals surface area contributed by atoms with Gasteiger partial charge in [0.2, 0.25) is 0 Å². The molecule has 136 valence electrons. The van der Waals surface area contributed by atoms with Gasteiger partial charge in [-0.25, -0.2) is 0 Å². The van der Waals surface area contributed by atoms with Gasteiger partial charge >= 0.3 is 0 Å². The zero-order valence-electron chi connectivity index (χ0n) is 16.0. The van der Waals surface area contributed by atoms with E-state index in [1.807, 2.05) is 0 Å². The summed E-state index contributed by atoms with van der Waals surface area (Å²) in [5, 5.41) is 0. The van der Waals surface area contributed by atoms with Gasteiger partial charge in [-0.15, -0.1) is 26.3 Å². The highest BCUT2D eigenvalue weighted by atomic mass is 28.5. The van der Waals surface area contributed by atoms with Crippen LogP contribution in [0.3, 0.4) is 0 Å². The summed E-state index contributed by atoms with van der Waals surface area (Å²) in [7, 11) is -7.47. The fourth-order valence-electron chi connectivity index (χ4n) is 4.12. The quantitative estimate of drug-likeness (QED) is 0.375. The van der Waals surface area contributed by atoms with Crippen molar-refractivity contribution in [3.05, 3.63) is 50.6 Å². The molecule has 0 amide bonds. The topological polar surface area (TPSA) is 48.1 Å². The molecule has 0 atom stereocenters. The van der Waals surface area contributed by atoms with Crippen LogP contribution in [0.5, 0.6) is 0 Å². The summed E-state index contributed by atoms with van der Waals surface area (Å²) in [6.45, 7) is 25.5. The van der Waals surface area contributed by atoms with Crippen LogP contribution in [0.4, 0.5) is 0 Å². The van der Waals surface area contributed by atoms with Crippen LogP contribution in [0.15, 0.2) is 50.6 Å². The molecule has 0 saturated carbocycles. The lowest BCUT2D eigenvalue weighted by Gasteiger charge is -2.52. The van der Waals surface area contributed by atoms with Crippen molar-refractivity contribution in [1.82, 2.24) is 18.6 Å². The van der Waals surface area contributed by atoms with Gasteiger partial charge in [0.1, 0.15) is 0 Å². The summed E-state index contributed by atoms with van der Waals surface area (Å²) in [5.41, 5.74) is 0. The van der Waals surface area contributed by atoms with Gasteiger partial charge in [-0.3, -0.25) is 0 Å². The molecule has 0 bridgehead atoms. The SMILES string of the molecule is C=CC[Si]1(C)N[Si](C)(CC=C)N[Si](C)(CC=C)N[Si](C)(CC=C)N1. The zero-order valence-corrected chi connectivity index (χ0v) is 20.0. The summed E-state index contributed by atoms with van der Waals surface area (Å²) in [5.74, 6) is 0. The number of hydrogen-bond acceptors (Lipinski definition) is 4. The van der Waals surface area contributed by atoms with E-state index in [2.05, 4.69) is 95.4 Å². The van der Waals surface area contributed by atoms with E-state index in [9.17, 15) is 0 Å². The number of rotatable bonds is 8. The first-order valence-electron chi connectivity index (χ1n) is 8.68. The van der Waals surface area contributed by atoms with Crippen molar-refractivity contribution in [3.8, 4) is 0 Å². The minimum absolute atomic E-state index is 1.01. The second-order valence-corrected chi connectivity index (χ2v) is 24.1. The predicted molar refractivity (Wildman–Crippen MR) is 119 cm³/mol. The highest BCUT2D eigenvalue weighted by Gasteiger charge is 2.50. The second kappa shape index (κ2) is 8.37. The molecule has 4 N–H and O–H groups in total. The molecule has 1 heterocycles. The maximum atomic E-state index is 4.11. The van der Waals surface area contributed by atoms with Crippen LogP contribution < -0.4 is 18.6 Å². The monoisotopic (exact) mass is 396 g/mol. The van der Waals surface area contributed by atoms with Crippen LogP contribution in [0.25, 0.3) is 0 Å². The van der Waals surface area contributed by atoms with E-state index in [0.29, 0.717) is 0 Å². The van der Waals surface area contributed by atoms with E-state index in [1.165, 1.54) is 0 Å². The van der Waals surface area contributed by atoms with Crippen molar-refractivity contribution in [3.63, 3.8) is 0 Å². The van der Waals surface area contributed by atoms with Crippen molar-refractivity contribution < 1.29 is 0 Å². The van der Waals surface area contributed by atoms with E-state index in [-0.39, 0.29) is 0 Å². The molecule has 8 heteroatoms. The number of hydrogen-bond donors (Lipinski definition) is 4. The Labute approximate surface area is 153 Å². The van der Waals surface area contributed by atoms with E-state index in [4.69, 9.17) is 0 Å². The summed E-state index contributed by atoms with van der Waals surface area (Å²) < 4.78 is 16.4. The third kappa shape index (κ3) is 5.88. The molecule has 1 rings (SSSR count). The molecule has 0 radical (unpaired) electrons. The Bertz CT molecular complexity index is 398. The largest absolute Gasteiger partial charge is 0.336 e. The third-order valence-electron chi connectivity index (χ3n) is 4.42. The Morgan fingerprint density at radius 3 is 0.792 bits per heavy atom. The average Bonchev–Trinajstić information content (AvgIpc) is 2.35. The Hall–Kier alpha value is -0.332. The summed E-state index contributed by atoms with van der Waals surface area (Å²) in [6.07, 6.45) is 8.22. The van der Waals surface area contributed by atoms with E-state index >= 15 is 0 Å². The van der Waals surface area contributed by atoms with Gasteiger partial charge in [0.15, 0.2) is 33.6 Å². The molecule has 0 unspecified atom stereocenters. The minimum atomic E-state index is -1.87. The summed E-state index contributed by atoms with van der Waals surface area (Å²) in [4.78, 5) is 0. The highest BCUT2D eigenvalue weighted by molar-refractivity contribution is 7.06. The van der Waals surface area contributed by atoms with Crippen LogP contribution in [-0.2, 0) is 0 Å². The molecule has 1 aliphatic rings. The van der Waals surface area contributed by atoms with Crippen molar-refractivity contribution in [2.75, 3.05) is 0 Å². The smallest absolute Gasteiger partial charge is 0.190 e. The van der Waals surface area contributed by atoms with E-state index in [1.54, 1.807) is 0 Å². The lowest BCUT2D eigenvalue weighted by Crippen LogP contribution is -2.89. The Morgan fingerprint density at radius 1 is 0.500 bits per heavy atom. The highest BCUT2D eigenvalue weighted by Crippen LogP contribution is 2.21. The first kappa shape index (κ1) is 21.7. The molecule has 1 fully saturated rings. The molecular formula is C16H36N4Si4. The standard InChI is InChI=1S/C16H36N4Si4/c1-9-13-21(5)17-22(6,14-10-2)19-24(8,16-12-4)20-23(7,18-21)15-11-3/h9-12,17-20H,1-4,13-16H2,5-8H3. The van der Waals surface area contributed by atoms with Crippen LogP contribution >= 0.6 is 0 Å². The van der Waals surface area contributed by atoms with Crippen molar-refractivity contribution in [1.29, 1.82) is 0 Å². The molecular weight excluding hydrogens is 361 g/mol. The Morgan fingerprint density at radius 2 is 0.667 bits per heavy atom. The van der Waals surface area contributed by atoms with E-state index < -0.39 is 33.6 Å². The van der Waals surface area contributed by atoms with Gasteiger partial charge in [-0.2, -0.15) is 0 Å². The molecule has 0 aromatic carbocycles. The maximum absolute atomic E-state index is 4.11. The normalized spacial score (nSPS) is 40.2. The lowest BCUT2D eigenvalue weighted by molar-refractivity contribution is 0.996. The molecule has 0 aromatic heterocycles. The maximum Gasteiger partial charge on any atom is 0.190 e. The Kier molecular flexibility index (Phi) is 7.57. The van der Waals surface area contributed by atoms with Crippen LogP contribution in [0.1, 0.15) is 0 Å². The van der Waals surface area contributed by atoms with E-state index in [0.717, 1.165) is 24.2 Å². The second-order valence-electron chi connectivity index (χ2n) is 7.80. The minimum Gasteiger partial charge on any atom is -0.336 e. The first-order chi connectivity index (χ1) is 11.1. The van der Waals surface area contributed by atoms with Crippen LogP contribution in [0, 0.1) is 0 Å². The number of nitrogens with one attached hydrogen (secondary N) is 4.